The fraction of sp³-hybridized carbons (Fsp3) is 0.447. The van der Waals surface area contributed by atoms with Gasteiger partial charge in [0.25, 0.3) is 17.1 Å². The van der Waals surface area contributed by atoms with E-state index in [0.29, 0.717) is 80.0 Å². The second kappa shape index (κ2) is 19.2. The van der Waals surface area contributed by atoms with Crippen molar-refractivity contribution in [3.8, 4) is 23.0 Å². The van der Waals surface area contributed by atoms with Crippen LogP contribution in [0.1, 0.15) is 193 Å². The molecule has 13 nitrogen and oxygen atoms in total. The van der Waals surface area contributed by atoms with Crippen molar-refractivity contribution in [2.24, 2.45) is 35.5 Å². The first-order valence-electron chi connectivity index (χ1n) is 32.9. The topological polar surface area (TPSA) is 210 Å². The summed E-state index contributed by atoms with van der Waals surface area (Å²) in [6.07, 6.45) is 19.2. The third-order valence-corrected chi connectivity index (χ3v) is 25.6. The van der Waals surface area contributed by atoms with Crippen molar-refractivity contribution in [3.63, 3.8) is 0 Å². The van der Waals surface area contributed by atoms with Crippen LogP contribution < -0.4 is 0 Å². The summed E-state index contributed by atoms with van der Waals surface area (Å²) in [5.41, 5.74) is 11.5. The molecule has 6 unspecified atom stereocenters. The number of rotatable bonds is 9. The van der Waals surface area contributed by atoms with Crippen LogP contribution in [0.25, 0.3) is 0 Å². The third kappa shape index (κ3) is 8.58. The summed E-state index contributed by atoms with van der Waals surface area (Å²) in [7, 11) is 0. The minimum Gasteiger partial charge on any atom is -0.507 e. The van der Waals surface area contributed by atoms with Gasteiger partial charge >= 0.3 is 0 Å². The summed E-state index contributed by atoms with van der Waals surface area (Å²) in [4.78, 5) is 34.7. The van der Waals surface area contributed by atoms with Gasteiger partial charge in [-0.3, -0.25) is 30.3 Å². The van der Waals surface area contributed by atoms with Crippen molar-refractivity contribution in [2.45, 2.75) is 174 Å². The van der Waals surface area contributed by atoms with E-state index in [9.17, 15) is 50.8 Å². The van der Waals surface area contributed by atoms with Crippen molar-refractivity contribution < 1.29 is 35.2 Å². The third-order valence-electron chi connectivity index (χ3n) is 25.6. The van der Waals surface area contributed by atoms with Gasteiger partial charge < -0.3 is 20.4 Å². The largest absolute Gasteiger partial charge is 0.507 e. The summed E-state index contributed by atoms with van der Waals surface area (Å²) >= 11 is 0. The number of non-ortho nitro benzene ring substituents is 3. The van der Waals surface area contributed by atoms with Crippen molar-refractivity contribution >= 4 is 17.1 Å². The Hall–Kier alpha value is -8.06. The minimum absolute atomic E-state index is 0.0854. The lowest BCUT2D eigenvalue weighted by Crippen LogP contribution is -2.56. The zero-order chi connectivity index (χ0) is 60.7. The molecule has 20 bridgehead atoms. The number of fused-ring (bicyclic) bond motifs is 8. The van der Waals surface area contributed by atoms with Crippen LogP contribution in [-0.4, -0.2) is 35.2 Å². The highest BCUT2D eigenvalue weighted by Crippen LogP contribution is 2.70. The van der Waals surface area contributed by atoms with Crippen LogP contribution in [0.5, 0.6) is 23.0 Å². The van der Waals surface area contributed by atoms with Crippen molar-refractivity contribution in [3.05, 3.63) is 236 Å². The van der Waals surface area contributed by atoms with Crippen LogP contribution in [0.15, 0.2) is 127 Å². The lowest BCUT2D eigenvalue weighted by Gasteiger charge is -2.63. The number of nitro benzene ring substituents is 3. The predicted octanol–water partition coefficient (Wildman–Crippen LogP) is 16.3. The molecule has 12 saturated carbocycles. The van der Waals surface area contributed by atoms with Gasteiger partial charge in [0.15, 0.2) is 0 Å². The minimum atomic E-state index is -0.329. The van der Waals surface area contributed by atoms with E-state index in [1.165, 1.54) is 0 Å². The molecule has 0 amide bonds. The number of phenolic OH excluding ortho intramolecular Hbond substituents is 4. The zero-order valence-electron chi connectivity index (χ0n) is 50.2. The Morgan fingerprint density at radius 3 is 0.719 bits per heavy atom. The first-order chi connectivity index (χ1) is 42.8. The monoisotopic (exact) mass is 1190 g/mol. The summed E-state index contributed by atoms with van der Waals surface area (Å²) < 4.78 is 0. The molecule has 0 aromatic heterocycles. The molecule has 12 atom stereocenters. The lowest BCUT2D eigenvalue weighted by atomic mass is 9.41. The molecule has 12 fully saturated rings. The van der Waals surface area contributed by atoms with E-state index in [1.807, 2.05) is 54.6 Å². The maximum atomic E-state index is 13.3. The highest BCUT2D eigenvalue weighted by Gasteiger charge is 2.62. The molecule has 454 valence electrons. The van der Waals surface area contributed by atoms with Gasteiger partial charge in [0.05, 0.1) is 14.8 Å². The maximum Gasteiger partial charge on any atom is 0.269 e. The molecule has 89 heavy (non-hydrogen) atoms. The highest BCUT2D eigenvalue weighted by molar-refractivity contribution is 5.60. The Bertz CT molecular complexity index is 3920. The van der Waals surface area contributed by atoms with Crippen LogP contribution >= 0.6 is 0 Å². The molecule has 13 heteroatoms. The fourth-order valence-corrected chi connectivity index (χ4v) is 23.4. The number of nitrogens with zero attached hydrogens (tertiary/aromatic N) is 3. The molecule has 4 N–H and O–H groups in total. The van der Waals surface area contributed by atoms with Gasteiger partial charge in [-0.2, -0.15) is 0 Å². The quantitative estimate of drug-likeness (QED) is 0.0793. The van der Waals surface area contributed by atoms with Crippen molar-refractivity contribution in [2.75, 3.05) is 0 Å². The zero-order valence-corrected chi connectivity index (χ0v) is 50.2. The molecule has 20 rings (SSSR count). The lowest BCUT2D eigenvalue weighted by molar-refractivity contribution is -0.385. The maximum absolute atomic E-state index is 13.3. The van der Waals surface area contributed by atoms with Gasteiger partial charge in [-0.25, -0.2) is 0 Å². The average molecular weight is 1190 g/mol. The first-order valence-corrected chi connectivity index (χ1v) is 32.9. The van der Waals surface area contributed by atoms with Crippen LogP contribution in [0, 0.1) is 65.9 Å². The second-order valence-corrected chi connectivity index (χ2v) is 31.0. The smallest absolute Gasteiger partial charge is 0.269 e. The number of benzene rings is 7. The first kappa shape index (κ1) is 55.0. The summed E-state index contributed by atoms with van der Waals surface area (Å²) in [6, 6.07) is 41.1. The molecule has 0 heterocycles. The Morgan fingerprint density at radius 2 is 0.494 bits per heavy atom. The molecule has 0 radical (unpaired) electrons. The Morgan fingerprint density at radius 1 is 0.292 bits per heavy atom. The molecule has 7 aromatic carbocycles. The van der Waals surface area contributed by atoms with Gasteiger partial charge in [-0.1, -0.05) is 91.0 Å². The standard InChI is InChI=1S/C76H75N3O10/c80-67-50-2-1-3-51(67)20-53-24-62(75-37-46-17-47(38-75)32-72(31-46,42-75)59-6-12-65(13-7-59)78(86)87)26-55(69(53)82)22-57-28-63(76-39-48-18-49(40-76)34-73(33-48,43-76)60-8-14-66(15-9-60)79(88)89)27-56(70(57)83)21-54-25-61(23-52(19-50)68(54)81)74-35-44-16-45(36-74)30-71(29-44,41-74)58-4-10-64(11-5-58)77(84)85/h1-15,23-28,44-49,80-83H,16-22,29-43H2/t44-,45+,46-,47+,48-,49+,71?,72?,73?,74?,75?,76?. The number of aromatic hydroxyl groups is 4. The number of phenols is 4. The highest BCUT2D eigenvalue weighted by atomic mass is 16.6. The number of hydrogen-bond donors (Lipinski definition) is 4. The number of nitro groups is 3. The van der Waals surface area contributed by atoms with Crippen LogP contribution in [0.4, 0.5) is 17.1 Å². The van der Waals surface area contributed by atoms with E-state index in [4.69, 9.17) is 0 Å². The van der Waals surface area contributed by atoms with Gasteiger partial charge in [-0.05, 0) is 261 Å². The van der Waals surface area contributed by atoms with Gasteiger partial charge in [0, 0.05) is 62.1 Å². The molecule has 13 aliphatic rings. The molecule has 0 spiro atoms. The van der Waals surface area contributed by atoms with E-state index in [1.54, 1.807) is 36.4 Å². The molecular formula is C76H75N3O10. The number of hydrogen-bond acceptors (Lipinski definition) is 10. The Kier molecular flexibility index (Phi) is 11.9. The van der Waals surface area contributed by atoms with Crippen LogP contribution in [0.3, 0.4) is 0 Å². The van der Waals surface area contributed by atoms with E-state index < -0.39 is 0 Å². The van der Waals surface area contributed by atoms with E-state index in [0.717, 1.165) is 149 Å². The van der Waals surface area contributed by atoms with Crippen LogP contribution in [-0.2, 0) is 58.2 Å². The summed E-state index contributed by atoms with van der Waals surface area (Å²) in [5, 5.41) is 87.7. The molecule has 0 aliphatic heterocycles. The van der Waals surface area contributed by atoms with Crippen LogP contribution in [0.2, 0.25) is 0 Å². The second-order valence-electron chi connectivity index (χ2n) is 31.0. The van der Waals surface area contributed by atoms with E-state index >= 15 is 0 Å². The SMILES string of the molecule is O=[N+]([O-])c1ccc(C23C[C@H]4C[C@@H](C2)CC(c2cc5c(O)c(c2)Cc2cc(C67C[C@@H]8C[C@@H](CC(c9ccc([N+](=O)[O-])cc9)(C8)C6)C7)cc(c2O)Cc2cc(C67C[C@@H]8C[C@@H](CC(c9ccc([N+](=O)[O-])cc9)(C8)C6)C7)cc(c2O)Cc2cccc(c2O)C5)(C4)C3)cc1. The molecule has 13 aliphatic carbocycles. The predicted molar refractivity (Wildman–Crippen MR) is 337 cm³/mol. The van der Waals surface area contributed by atoms with E-state index in [2.05, 4.69) is 36.4 Å². The van der Waals surface area contributed by atoms with Gasteiger partial charge in [-0.15, -0.1) is 0 Å². The molecule has 0 saturated heterocycles. The van der Waals surface area contributed by atoms with Gasteiger partial charge in [0.1, 0.15) is 23.0 Å². The Labute approximate surface area is 517 Å². The average Bonchev–Trinajstić information content (AvgIpc) is 0.754. The van der Waals surface area contributed by atoms with Crippen molar-refractivity contribution in [1.29, 1.82) is 0 Å². The van der Waals surface area contributed by atoms with Gasteiger partial charge in [0.2, 0.25) is 0 Å². The number of para-hydroxylation sites is 1. The molecular weight excluding hydrogens is 1110 g/mol. The fourth-order valence-electron chi connectivity index (χ4n) is 23.4. The molecule has 7 aromatic rings. The summed E-state index contributed by atoms with van der Waals surface area (Å²) in [6.45, 7) is 0. The van der Waals surface area contributed by atoms with Crippen molar-refractivity contribution in [1.82, 2.24) is 0 Å². The normalized spacial score (nSPS) is 33.1. The Balaban J connectivity index is 0.833. The summed E-state index contributed by atoms with van der Waals surface area (Å²) in [5.74, 6) is 3.31. The van der Waals surface area contributed by atoms with E-state index in [-0.39, 0.29) is 113 Å².